The summed E-state index contributed by atoms with van der Waals surface area (Å²) in [7, 11) is 0. The van der Waals surface area contributed by atoms with Gasteiger partial charge in [0.2, 0.25) is 0 Å². The molecule has 20 heavy (non-hydrogen) atoms. The predicted octanol–water partition coefficient (Wildman–Crippen LogP) is 3.73. The number of rotatable bonds is 1. The number of aromatic hydroxyl groups is 2. The van der Waals surface area contributed by atoms with E-state index < -0.39 is 0 Å². The van der Waals surface area contributed by atoms with Gasteiger partial charge in [-0.1, -0.05) is 12.1 Å². The van der Waals surface area contributed by atoms with Crippen LogP contribution in [0.3, 0.4) is 0 Å². The zero-order valence-corrected chi connectivity index (χ0v) is 11.5. The van der Waals surface area contributed by atoms with Crippen molar-refractivity contribution in [3.8, 4) is 17.2 Å². The molecule has 0 saturated heterocycles. The summed E-state index contributed by atoms with van der Waals surface area (Å²) in [4.78, 5) is 0. The van der Waals surface area contributed by atoms with Crippen molar-refractivity contribution < 1.29 is 14.9 Å². The first-order chi connectivity index (χ1) is 9.56. The van der Waals surface area contributed by atoms with Crippen LogP contribution < -0.4 is 4.74 Å². The number of allylic oxidation sites excluding steroid dienone is 1. The van der Waals surface area contributed by atoms with Crippen LogP contribution >= 0.6 is 0 Å². The highest BCUT2D eigenvalue weighted by molar-refractivity contribution is 5.95. The molecule has 1 aliphatic rings. The Balaban J connectivity index is 2.15. The molecule has 1 aliphatic heterocycles. The lowest BCUT2D eigenvalue weighted by Gasteiger charge is -2.23. The van der Waals surface area contributed by atoms with Crippen LogP contribution in [0.15, 0.2) is 36.4 Å². The highest BCUT2D eigenvalue weighted by Crippen LogP contribution is 2.40. The van der Waals surface area contributed by atoms with Crippen molar-refractivity contribution in [1.82, 2.24) is 0 Å². The van der Waals surface area contributed by atoms with Gasteiger partial charge in [-0.25, -0.2) is 0 Å². The molecular formula is C17H16O3. The number of hydrogen-bond acceptors (Lipinski definition) is 3. The lowest BCUT2D eigenvalue weighted by Crippen LogP contribution is -2.10. The third kappa shape index (κ3) is 2.01. The molecule has 0 fully saturated rings. The first-order valence-corrected chi connectivity index (χ1v) is 6.52. The summed E-state index contributed by atoms with van der Waals surface area (Å²) in [5.74, 6) is 1.00. The van der Waals surface area contributed by atoms with E-state index in [1.54, 1.807) is 12.1 Å². The summed E-state index contributed by atoms with van der Waals surface area (Å²) in [6, 6.07) is 10.7. The Morgan fingerprint density at radius 3 is 2.45 bits per heavy atom. The molecular weight excluding hydrogens is 252 g/mol. The minimum absolute atomic E-state index is 0.0530. The number of phenolic OH excluding ortho intramolecular Hbond substituents is 2. The van der Waals surface area contributed by atoms with Crippen LogP contribution in [-0.4, -0.2) is 16.8 Å². The summed E-state index contributed by atoms with van der Waals surface area (Å²) in [5.41, 5.74) is 4.94. The Morgan fingerprint density at radius 2 is 1.70 bits per heavy atom. The lowest BCUT2D eigenvalue weighted by molar-refractivity contribution is 0.363. The molecule has 3 nitrogen and oxygen atoms in total. The Labute approximate surface area is 117 Å². The number of benzene rings is 2. The van der Waals surface area contributed by atoms with E-state index in [4.69, 9.17) is 4.74 Å². The zero-order valence-electron chi connectivity index (χ0n) is 11.5. The van der Waals surface area contributed by atoms with Crippen molar-refractivity contribution >= 4 is 11.1 Å². The van der Waals surface area contributed by atoms with Crippen molar-refractivity contribution in [2.45, 2.75) is 13.8 Å². The zero-order chi connectivity index (χ0) is 14.3. The van der Waals surface area contributed by atoms with Gasteiger partial charge in [-0.3, -0.25) is 0 Å². The molecule has 0 radical (unpaired) electrons. The van der Waals surface area contributed by atoms with E-state index >= 15 is 0 Å². The van der Waals surface area contributed by atoms with E-state index in [-0.39, 0.29) is 11.5 Å². The van der Waals surface area contributed by atoms with E-state index in [0.717, 1.165) is 28.0 Å². The number of hydrogen-bond donors (Lipinski definition) is 2. The van der Waals surface area contributed by atoms with Crippen LogP contribution in [0.25, 0.3) is 11.1 Å². The average Bonchev–Trinajstić information content (AvgIpc) is 2.40. The first kappa shape index (κ1) is 12.6. The van der Waals surface area contributed by atoms with Crippen LogP contribution in [0.5, 0.6) is 17.2 Å². The Hall–Kier alpha value is -2.42. The molecule has 0 amide bonds. The van der Waals surface area contributed by atoms with Gasteiger partial charge < -0.3 is 14.9 Å². The quantitative estimate of drug-likeness (QED) is 0.828. The maximum absolute atomic E-state index is 10.0. The second-order valence-electron chi connectivity index (χ2n) is 5.09. The number of fused-ring (bicyclic) bond motifs is 1. The second kappa shape index (κ2) is 4.60. The Bertz CT molecular complexity index is 714. The standard InChI is InChI=1S/C17H16O3/c1-10-3-5-13-11(2)15(9-20-17(13)7-10)14-6-4-12(18)8-16(14)19/h3-8,18-19H,9H2,1-2H3. The van der Waals surface area contributed by atoms with Gasteiger partial charge in [0.05, 0.1) is 0 Å². The monoisotopic (exact) mass is 268 g/mol. The average molecular weight is 268 g/mol. The molecule has 0 atom stereocenters. The summed E-state index contributed by atoms with van der Waals surface area (Å²) in [6.07, 6.45) is 0. The smallest absolute Gasteiger partial charge is 0.127 e. The molecule has 3 rings (SSSR count). The van der Waals surface area contributed by atoms with E-state index in [1.807, 2.05) is 32.0 Å². The van der Waals surface area contributed by atoms with Crippen LogP contribution in [-0.2, 0) is 0 Å². The van der Waals surface area contributed by atoms with Crippen molar-refractivity contribution in [1.29, 1.82) is 0 Å². The normalized spacial score (nSPS) is 13.9. The lowest BCUT2D eigenvalue weighted by atomic mass is 9.92. The number of aryl methyl sites for hydroxylation is 1. The molecule has 0 unspecified atom stereocenters. The van der Waals surface area contributed by atoms with Gasteiger partial charge in [0.25, 0.3) is 0 Å². The summed E-state index contributed by atoms with van der Waals surface area (Å²) in [5, 5.41) is 19.4. The van der Waals surface area contributed by atoms with Gasteiger partial charge in [0, 0.05) is 22.8 Å². The highest BCUT2D eigenvalue weighted by atomic mass is 16.5. The topological polar surface area (TPSA) is 49.7 Å². The maximum atomic E-state index is 10.0. The van der Waals surface area contributed by atoms with Gasteiger partial charge in [-0.05, 0) is 43.2 Å². The van der Waals surface area contributed by atoms with E-state index in [2.05, 4.69) is 0 Å². The van der Waals surface area contributed by atoms with Crippen LogP contribution in [0.4, 0.5) is 0 Å². The van der Waals surface area contributed by atoms with Crippen LogP contribution in [0, 0.1) is 6.92 Å². The van der Waals surface area contributed by atoms with Crippen molar-refractivity contribution in [3.63, 3.8) is 0 Å². The van der Waals surface area contributed by atoms with Gasteiger partial charge in [0.15, 0.2) is 0 Å². The molecule has 102 valence electrons. The van der Waals surface area contributed by atoms with Crippen molar-refractivity contribution in [2.75, 3.05) is 6.61 Å². The van der Waals surface area contributed by atoms with E-state index in [0.29, 0.717) is 12.2 Å². The Kier molecular flexibility index (Phi) is 2.90. The SMILES string of the molecule is CC1=C(c2ccc(O)cc2O)COc2cc(C)ccc21. The van der Waals surface area contributed by atoms with E-state index in [9.17, 15) is 10.2 Å². The molecule has 2 N–H and O–H groups in total. The van der Waals surface area contributed by atoms with Gasteiger partial charge in [-0.2, -0.15) is 0 Å². The minimum atomic E-state index is 0.0530. The fourth-order valence-electron chi connectivity index (χ4n) is 2.53. The Morgan fingerprint density at radius 1 is 0.950 bits per heavy atom. The van der Waals surface area contributed by atoms with Gasteiger partial charge in [0.1, 0.15) is 23.9 Å². The maximum Gasteiger partial charge on any atom is 0.127 e. The largest absolute Gasteiger partial charge is 0.508 e. The highest BCUT2D eigenvalue weighted by Gasteiger charge is 2.20. The third-order valence-electron chi connectivity index (χ3n) is 3.67. The fourth-order valence-corrected chi connectivity index (χ4v) is 2.53. The van der Waals surface area contributed by atoms with Crippen LogP contribution in [0.2, 0.25) is 0 Å². The molecule has 3 heteroatoms. The summed E-state index contributed by atoms with van der Waals surface area (Å²) < 4.78 is 5.80. The molecule has 0 spiro atoms. The first-order valence-electron chi connectivity index (χ1n) is 6.52. The molecule has 2 aromatic carbocycles. The molecule has 1 heterocycles. The summed E-state index contributed by atoms with van der Waals surface area (Å²) in [6.45, 7) is 4.48. The van der Waals surface area contributed by atoms with E-state index in [1.165, 1.54) is 6.07 Å². The van der Waals surface area contributed by atoms with Crippen molar-refractivity contribution in [2.24, 2.45) is 0 Å². The molecule has 0 saturated carbocycles. The fraction of sp³-hybridized carbons (Fsp3) is 0.176. The number of ether oxygens (including phenoxy) is 1. The molecule has 2 aromatic rings. The number of phenols is 2. The second-order valence-corrected chi connectivity index (χ2v) is 5.09. The predicted molar refractivity (Wildman–Crippen MR) is 78.9 cm³/mol. The molecule has 0 bridgehead atoms. The molecule has 0 aromatic heterocycles. The van der Waals surface area contributed by atoms with Crippen LogP contribution in [0.1, 0.15) is 23.6 Å². The summed E-state index contributed by atoms with van der Waals surface area (Å²) >= 11 is 0. The minimum Gasteiger partial charge on any atom is -0.508 e. The van der Waals surface area contributed by atoms with Gasteiger partial charge in [-0.15, -0.1) is 0 Å². The van der Waals surface area contributed by atoms with Gasteiger partial charge >= 0.3 is 0 Å². The third-order valence-corrected chi connectivity index (χ3v) is 3.67. The molecule has 0 aliphatic carbocycles. The van der Waals surface area contributed by atoms with Crippen molar-refractivity contribution in [3.05, 3.63) is 53.1 Å².